The number of ether oxygens (including phenoxy) is 1. The highest BCUT2D eigenvalue weighted by Crippen LogP contribution is 2.41. The van der Waals surface area contributed by atoms with E-state index < -0.39 is 34.0 Å². The van der Waals surface area contributed by atoms with Gasteiger partial charge in [0.15, 0.2) is 10.9 Å². The standard InChI is InChI=1S/C27H34F4O2S/c1-2-3-4-5-6-7-8-11-18-14-16-19(17-15-18)20-12-9-10-13-21(20)26(32)33-27-22(24(29)30)23(28)25(31)34-27/h9-10,12-13,18-19,24H,2-8,11,14-17H2,1H3/t18-,19-. The minimum absolute atomic E-state index is 0.0839. The molecule has 7 heteroatoms. The average molecular weight is 499 g/mol. The minimum atomic E-state index is -3.27. The van der Waals surface area contributed by atoms with E-state index in [9.17, 15) is 22.4 Å². The molecule has 0 N–H and O–H groups in total. The van der Waals surface area contributed by atoms with Crippen LogP contribution in [0.15, 0.2) is 24.3 Å². The zero-order valence-corrected chi connectivity index (χ0v) is 20.6. The van der Waals surface area contributed by atoms with Gasteiger partial charge in [0.05, 0.1) is 5.56 Å². The van der Waals surface area contributed by atoms with E-state index in [-0.39, 0.29) is 22.8 Å². The molecule has 2 nitrogen and oxygen atoms in total. The summed E-state index contributed by atoms with van der Waals surface area (Å²) in [4.78, 5) is 12.8. The van der Waals surface area contributed by atoms with E-state index in [0.29, 0.717) is 5.92 Å². The van der Waals surface area contributed by atoms with Crippen molar-refractivity contribution in [3.63, 3.8) is 0 Å². The molecule has 1 saturated carbocycles. The van der Waals surface area contributed by atoms with Gasteiger partial charge >= 0.3 is 5.97 Å². The van der Waals surface area contributed by atoms with Gasteiger partial charge in [-0.25, -0.2) is 18.0 Å². The number of alkyl halides is 2. The van der Waals surface area contributed by atoms with E-state index in [1.165, 1.54) is 51.4 Å². The smallest absolute Gasteiger partial charge is 0.344 e. The van der Waals surface area contributed by atoms with Crippen molar-refractivity contribution >= 4 is 17.3 Å². The second-order valence-electron chi connectivity index (χ2n) is 9.30. The number of carbonyl (C=O) groups is 1. The lowest BCUT2D eigenvalue weighted by molar-refractivity contribution is 0.0726. The van der Waals surface area contributed by atoms with Crippen molar-refractivity contribution in [1.29, 1.82) is 0 Å². The lowest BCUT2D eigenvalue weighted by atomic mass is 9.76. The van der Waals surface area contributed by atoms with E-state index in [2.05, 4.69) is 6.92 Å². The Hall–Kier alpha value is -1.89. The summed E-state index contributed by atoms with van der Waals surface area (Å²) in [5.41, 5.74) is -0.107. The van der Waals surface area contributed by atoms with Gasteiger partial charge < -0.3 is 4.74 Å². The number of rotatable bonds is 12. The van der Waals surface area contributed by atoms with Crippen molar-refractivity contribution in [1.82, 2.24) is 0 Å². The molecule has 1 aliphatic carbocycles. The fraction of sp³-hybridized carbons (Fsp3) is 0.593. The molecule has 1 heterocycles. The molecular weight excluding hydrogens is 464 g/mol. The molecular formula is C27H34F4O2S. The highest BCUT2D eigenvalue weighted by atomic mass is 32.1. The van der Waals surface area contributed by atoms with Crippen LogP contribution in [0.5, 0.6) is 5.06 Å². The lowest BCUT2D eigenvalue weighted by Gasteiger charge is -2.29. The van der Waals surface area contributed by atoms with Crippen LogP contribution in [0, 0.1) is 16.9 Å². The fourth-order valence-corrected chi connectivity index (χ4v) is 5.74. The second-order valence-corrected chi connectivity index (χ2v) is 10.2. The van der Waals surface area contributed by atoms with Crippen LogP contribution >= 0.6 is 11.3 Å². The number of hydrogen-bond acceptors (Lipinski definition) is 3. The molecule has 0 spiro atoms. The molecule has 0 unspecified atom stereocenters. The van der Waals surface area contributed by atoms with Crippen LogP contribution in [0.4, 0.5) is 17.6 Å². The van der Waals surface area contributed by atoms with E-state index in [1.807, 2.05) is 12.1 Å². The molecule has 1 aromatic carbocycles. The molecule has 188 valence electrons. The predicted molar refractivity (Wildman–Crippen MR) is 128 cm³/mol. The summed E-state index contributed by atoms with van der Waals surface area (Å²) < 4.78 is 58.6. The van der Waals surface area contributed by atoms with E-state index in [4.69, 9.17) is 4.74 Å². The van der Waals surface area contributed by atoms with Crippen molar-refractivity contribution in [3.8, 4) is 5.06 Å². The first-order valence-electron chi connectivity index (χ1n) is 12.5. The predicted octanol–water partition coefficient (Wildman–Crippen LogP) is 9.60. The normalized spacial score (nSPS) is 18.4. The monoisotopic (exact) mass is 498 g/mol. The summed E-state index contributed by atoms with van der Waals surface area (Å²) >= 11 is 0.0839. The third-order valence-electron chi connectivity index (χ3n) is 6.90. The number of unbranched alkanes of at least 4 members (excludes halogenated alkanes) is 6. The Kier molecular flexibility index (Phi) is 10.4. The SMILES string of the molecule is CCCCCCCCC[C@H]1CC[C@H](c2ccccc2C(=O)Oc2sc(F)c(F)c2C(F)F)CC1. The van der Waals surface area contributed by atoms with Crippen molar-refractivity contribution in [2.75, 3.05) is 0 Å². The van der Waals surface area contributed by atoms with Gasteiger partial charge in [0.25, 0.3) is 6.43 Å². The summed E-state index contributed by atoms with van der Waals surface area (Å²) in [5.74, 6) is -1.63. The summed E-state index contributed by atoms with van der Waals surface area (Å²) in [7, 11) is 0. The first-order valence-corrected chi connectivity index (χ1v) is 13.3. The van der Waals surface area contributed by atoms with Gasteiger partial charge in [-0.05, 0) is 49.1 Å². The molecule has 3 rings (SSSR count). The first kappa shape index (κ1) is 26.7. The number of esters is 1. The lowest BCUT2D eigenvalue weighted by Crippen LogP contribution is -2.18. The molecule has 0 saturated heterocycles. The molecule has 0 amide bonds. The number of thiophene rings is 1. The van der Waals surface area contributed by atoms with Gasteiger partial charge in [0, 0.05) is 0 Å². The van der Waals surface area contributed by atoms with Gasteiger partial charge in [-0.2, -0.15) is 4.39 Å². The van der Waals surface area contributed by atoms with Gasteiger partial charge in [-0.15, -0.1) is 0 Å². The molecule has 1 fully saturated rings. The Morgan fingerprint density at radius 1 is 1.00 bits per heavy atom. The molecule has 1 aromatic heterocycles. The second kappa shape index (κ2) is 13.3. The molecule has 0 bridgehead atoms. The highest BCUT2D eigenvalue weighted by molar-refractivity contribution is 7.12. The maximum absolute atomic E-state index is 13.7. The summed E-state index contributed by atoms with van der Waals surface area (Å²) in [5, 5.41) is -2.13. The molecule has 2 aromatic rings. The zero-order valence-electron chi connectivity index (χ0n) is 19.8. The van der Waals surface area contributed by atoms with Crippen molar-refractivity contribution in [3.05, 3.63) is 51.9 Å². The van der Waals surface area contributed by atoms with Crippen LogP contribution in [-0.4, -0.2) is 5.97 Å². The number of benzene rings is 1. The van der Waals surface area contributed by atoms with Crippen LogP contribution in [0.3, 0.4) is 0 Å². The summed E-state index contributed by atoms with van der Waals surface area (Å²) in [6.07, 6.45) is 11.2. The Bertz CT molecular complexity index is 919. The van der Waals surface area contributed by atoms with Crippen LogP contribution in [-0.2, 0) is 0 Å². The van der Waals surface area contributed by atoms with Crippen molar-refractivity contribution in [2.45, 2.75) is 96.3 Å². The molecule has 1 aliphatic rings. The van der Waals surface area contributed by atoms with Gasteiger partial charge in [0.1, 0.15) is 5.56 Å². The van der Waals surface area contributed by atoms with Gasteiger partial charge in [0.2, 0.25) is 5.13 Å². The van der Waals surface area contributed by atoms with E-state index >= 15 is 0 Å². The first-order chi connectivity index (χ1) is 16.4. The van der Waals surface area contributed by atoms with Crippen LogP contribution in [0.2, 0.25) is 0 Å². The van der Waals surface area contributed by atoms with Crippen molar-refractivity contribution < 1.29 is 27.1 Å². The number of carbonyl (C=O) groups excluding carboxylic acids is 1. The highest BCUT2D eigenvalue weighted by Gasteiger charge is 2.30. The Morgan fingerprint density at radius 2 is 1.65 bits per heavy atom. The molecule has 34 heavy (non-hydrogen) atoms. The topological polar surface area (TPSA) is 26.3 Å². The van der Waals surface area contributed by atoms with Gasteiger partial charge in [-0.1, -0.05) is 87.8 Å². The fourth-order valence-electron chi connectivity index (χ4n) is 4.97. The summed E-state index contributed by atoms with van der Waals surface area (Å²) in [6, 6.07) is 6.97. The van der Waals surface area contributed by atoms with Crippen LogP contribution in [0.25, 0.3) is 0 Å². The molecule has 0 atom stereocenters. The number of halogens is 4. The summed E-state index contributed by atoms with van der Waals surface area (Å²) in [6.45, 7) is 2.23. The maximum atomic E-state index is 13.7. The third-order valence-corrected chi connectivity index (χ3v) is 7.75. The minimum Gasteiger partial charge on any atom is -0.411 e. The third kappa shape index (κ3) is 7.06. The van der Waals surface area contributed by atoms with Crippen LogP contribution < -0.4 is 4.74 Å². The molecule has 0 radical (unpaired) electrons. The Labute approximate surface area is 203 Å². The van der Waals surface area contributed by atoms with Crippen molar-refractivity contribution in [2.24, 2.45) is 5.92 Å². The Morgan fingerprint density at radius 3 is 2.32 bits per heavy atom. The van der Waals surface area contributed by atoms with E-state index in [0.717, 1.165) is 31.2 Å². The zero-order chi connectivity index (χ0) is 24.5. The molecule has 0 aliphatic heterocycles. The quantitative estimate of drug-likeness (QED) is 0.165. The number of hydrogen-bond donors (Lipinski definition) is 0. The van der Waals surface area contributed by atoms with Crippen LogP contribution in [0.1, 0.15) is 118 Å². The van der Waals surface area contributed by atoms with Gasteiger partial charge in [-0.3, -0.25) is 0 Å². The largest absolute Gasteiger partial charge is 0.411 e. The Balaban J connectivity index is 1.55. The van der Waals surface area contributed by atoms with E-state index in [1.54, 1.807) is 12.1 Å². The maximum Gasteiger partial charge on any atom is 0.344 e. The average Bonchev–Trinajstić information content (AvgIpc) is 3.11.